The Morgan fingerprint density at radius 1 is 1.17 bits per heavy atom. The smallest absolute Gasteiger partial charge is 0.337 e. The number of hydrogen-bond acceptors (Lipinski definition) is 4. The number of hydrogen-bond donors (Lipinski definition) is 1. The zero-order valence-electron chi connectivity index (χ0n) is 15.9. The minimum atomic E-state index is -1.06. The van der Waals surface area contributed by atoms with Gasteiger partial charge in [0.25, 0.3) is 5.91 Å². The summed E-state index contributed by atoms with van der Waals surface area (Å²) in [5, 5.41) is 9.81. The third-order valence-corrected chi connectivity index (χ3v) is 5.11. The molecule has 0 unspecified atom stereocenters. The summed E-state index contributed by atoms with van der Waals surface area (Å²) in [5.74, 6) is -1.24. The first-order valence-corrected chi connectivity index (χ1v) is 9.78. The fourth-order valence-electron chi connectivity index (χ4n) is 2.80. The quantitative estimate of drug-likeness (QED) is 0.536. The lowest BCUT2D eigenvalue weighted by molar-refractivity contribution is -0.121. The number of nitrogens with zero attached hydrogens (tertiary/aromatic N) is 2. The predicted octanol–water partition coefficient (Wildman–Crippen LogP) is 5.12. The third kappa shape index (κ3) is 4.92. The van der Waals surface area contributed by atoms with Crippen LogP contribution in [0.3, 0.4) is 0 Å². The number of carboxylic acid groups (broad SMARTS) is 1. The minimum absolute atomic E-state index is 0.0872. The number of aliphatic imine (C=N–C) groups is 1. The maximum atomic E-state index is 12.9. The molecule has 1 saturated heterocycles. The Morgan fingerprint density at radius 2 is 1.86 bits per heavy atom. The van der Waals surface area contributed by atoms with E-state index in [1.807, 2.05) is 49.4 Å². The lowest BCUT2D eigenvalue weighted by Crippen LogP contribution is -2.29. The standard InChI is InChI=1S/C23H20N2O3S/c1-3-13-25-21(26)20(15-16(2)14-17-9-5-4-6-10-17)29-23(25)24-19-12-8-7-11-18(19)22(27)28/h3-12,14-15H,1,13H2,2H3,(H,27,28)/b16-14+,20-15-,24-23?. The Morgan fingerprint density at radius 3 is 2.55 bits per heavy atom. The largest absolute Gasteiger partial charge is 0.478 e. The van der Waals surface area contributed by atoms with E-state index in [0.29, 0.717) is 22.3 Å². The highest BCUT2D eigenvalue weighted by Gasteiger charge is 2.32. The number of carbonyl (C=O) groups is 2. The Balaban J connectivity index is 1.96. The molecular formula is C23H20N2O3S. The zero-order chi connectivity index (χ0) is 20.8. The van der Waals surface area contributed by atoms with E-state index in [0.717, 1.165) is 11.1 Å². The number of amidine groups is 1. The normalized spacial score (nSPS) is 17.2. The van der Waals surface area contributed by atoms with Gasteiger partial charge in [0.15, 0.2) is 5.17 Å². The summed E-state index contributed by atoms with van der Waals surface area (Å²) < 4.78 is 0. The SMILES string of the molecule is C=CCN1C(=O)/C(=C/C(C)=C/c2ccccc2)SC1=Nc1ccccc1C(=O)O. The van der Waals surface area contributed by atoms with E-state index in [1.165, 1.54) is 22.7 Å². The first-order valence-electron chi connectivity index (χ1n) is 8.96. The van der Waals surface area contributed by atoms with Gasteiger partial charge in [-0.15, -0.1) is 6.58 Å². The molecule has 1 heterocycles. The number of thioether (sulfide) groups is 1. The molecule has 1 N–H and O–H groups in total. The summed E-state index contributed by atoms with van der Waals surface area (Å²) in [7, 11) is 0. The van der Waals surface area contributed by atoms with Crippen LogP contribution < -0.4 is 0 Å². The van der Waals surface area contributed by atoms with E-state index in [4.69, 9.17) is 0 Å². The van der Waals surface area contributed by atoms with Crippen LogP contribution in [0.5, 0.6) is 0 Å². The first kappa shape index (κ1) is 20.4. The average Bonchev–Trinajstić information content (AvgIpc) is 2.98. The summed E-state index contributed by atoms with van der Waals surface area (Å²) in [6.45, 7) is 5.93. The van der Waals surface area contributed by atoms with E-state index in [2.05, 4.69) is 11.6 Å². The summed E-state index contributed by atoms with van der Waals surface area (Å²) >= 11 is 1.23. The van der Waals surface area contributed by atoms with Gasteiger partial charge in [-0.3, -0.25) is 9.69 Å². The minimum Gasteiger partial charge on any atom is -0.478 e. The van der Waals surface area contributed by atoms with E-state index in [9.17, 15) is 14.7 Å². The Labute approximate surface area is 173 Å². The van der Waals surface area contributed by atoms with Gasteiger partial charge in [-0.25, -0.2) is 9.79 Å². The van der Waals surface area contributed by atoms with Crippen LogP contribution in [0.4, 0.5) is 5.69 Å². The van der Waals surface area contributed by atoms with Crippen molar-refractivity contribution in [3.05, 3.63) is 94.9 Å². The van der Waals surface area contributed by atoms with Crippen LogP contribution >= 0.6 is 11.8 Å². The molecule has 1 aliphatic rings. The summed E-state index contributed by atoms with van der Waals surface area (Å²) in [6, 6.07) is 16.3. The van der Waals surface area contributed by atoms with Crippen molar-refractivity contribution in [2.45, 2.75) is 6.92 Å². The van der Waals surface area contributed by atoms with Crippen molar-refractivity contribution < 1.29 is 14.7 Å². The Hall–Kier alpha value is -3.38. The predicted molar refractivity (Wildman–Crippen MR) is 118 cm³/mol. The van der Waals surface area contributed by atoms with E-state index < -0.39 is 5.97 Å². The summed E-state index contributed by atoms with van der Waals surface area (Å²) in [5.41, 5.74) is 2.37. The molecule has 0 saturated carbocycles. The molecule has 1 amide bonds. The van der Waals surface area contributed by atoms with Crippen molar-refractivity contribution in [1.29, 1.82) is 0 Å². The molecule has 2 aromatic rings. The van der Waals surface area contributed by atoms with Gasteiger partial charge in [0.05, 0.1) is 16.2 Å². The van der Waals surface area contributed by atoms with Crippen LogP contribution in [0, 0.1) is 0 Å². The molecule has 0 bridgehead atoms. The average molecular weight is 404 g/mol. The van der Waals surface area contributed by atoms with Crippen molar-refractivity contribution in [1.82, 2.24) is 4.90 Å². The highest BCUT2D eigenvalue weighted by molar-refractivity contribution is 8.18. The fourth-order valence-corrected chi connectivity index (χ4v) is 3.85. The molecule has 29 heavy (non-hydrogen) atoms. The Bertz CT molecular complexity index is 1040. The number of rotatable bonds is 6. The number of carbonyl (C=O) groups excluding carboxylic acids is 1. The second kappa shape index (κ2) is 9.21. The molecule has 0 aliphatic carbocycles. The molecule has 0 aromatic heterocycles. The van der Waals surface area contributed by atoms with Crippen LogP contribution in [-0.2, 0) is 4.79 Å². The van der Waals surface area contributed by atoms with Gasteiger partial charge in [-0.05, 0) is 48.0 Å². The lowest BCUT2D eigenvalue weighted by atomic mass is 10.1. The summed E-state index contributed by atoms with van der Waals surface area (Å²) in [4.78, 5) is 30.8. The van der Waals surface area contributed by atoms with Crippen LogP contribution in [-0.4, -0.2) is 33.6 Å². The van der Waals surface area contributed by atoms with Gasteiger partial charge < -0.3 is 5.11 Å². The lowest BCUT2D eigenvalue weighted by Gasteiger charge is -2.13. The maximum absolute atomic E-state index is 12.9. The van der Waals surface area contributed by atoms with Crippen LogP contribution in [0.15, 0.2) is 88.8 Å². The second-order valence-corrected chi connectivity index (χ2v) is 7.34. The molecular weight excluding hydrogens is 384 g/mol. The molecule has 0 spiro atoms. The molecule has 146 valence electrons. The highest BCUT2D eigenvalue weighted by Crippen LogP contribution is 2.34. The van der Waals surface area contributed by atoms with Gasteiger partial charge in [0.2, 0.25) is 0 Å². The molecule has 0 radical (unpaired) electrons. The van der Waals surface area contributed by atoms with Crippen LogP contribution in [0.1, 0.15) is 22.8 Å². The summed E-state index contributed by atoms with van der Waals surface area (Å²) in [6.07, 6.45) is 5.43. The third-order valence-electron chi connectivity index (χ3n) is 4.10. The monoisotopic (exact) mass is 404 g/mol. The van der Waals surface area contributed by atoms with Crippen molar-refractivity contribution >= 4 is 40.6 Å². The van der Waals surface area contributed by atoms with E-state index >= 15 is 0 Å². The molecule has 5 nitrogen and oxygen atoms in total. The molecule has 6 heteroatoms. The molecule has 1 fully saturated rings. The number of para-hydroxylation sites is 1. The molecule has 1 aliphatic heterocycles. The van der Waals surface area contributed by atoms with Gasteiger partial charge in [0.1, 0.15) is 0 Å². The van der Waals surface area contributed by atoms with Crippen molar-refractivity contribution in [2.24, 2.45) is 4.99 Å². The highest BCUT2D eigenvalue weighted by atomic mass is 32.2. The number of benzene rings is 2. The number of aromatic carboxylic acids is 1. The van der Waals surface area contributed by atoms with Gasteiger partial charge in [-0.1, -0.05) is 54.6 Å². The molecule has 3 rings (SSSR count). The van der Waals surface area contributed by atoms with E-state index in [-0.39, 0.29) is 11.5 Å². The molecule has 0 atom stereocenters. The van der Waals surface area contributed by atoms with Gasteiger partial charge >= 0.3 is 5.97 Å². The fraction of sp³-hybridized carbons (Fsp3) is 0.0870. The zero-order valence-corrected chi connectivity index (χ0v) is 16.7. The van der Waals surface area contributed by atoms with E-state index in [1.54, 1.807) is 24.3 Å². The van der Waals surface area contributed by atoms with Gasteiger partial charge in [-0.2, -0.15) is 0 Å². The van der Waals surface area contributed by atoms with Crippen molar-refractivity contribution in [2.75, 3.05) is 6.54 Å². The topological polar surface area (TPSA) is 70.0 Å². The van der Waals surface area contributed by atoms with Gasteiger partial charge in [0, 0.05) is 6.54 Å². The first-order chi connectivity index (χ1) is 14.0. The van der Waals surface area contributed by atoms with Crippen LogP contribution in [0.2, 0.25) is 0 Å². The second-order valence-electron chi connectivity index (χ2n) is 6.33. The van der Waals surface area contributed by atoms with Crippen LogP contribution in [0.25, 0.3) is 6.08 Å². The van der Waals surface area contributed by atoms with Crippen molar-refractivity contribution in [3.63, 3.8) is 0 Å². The Kier molecular flexibility index (Phi) is 6.46. The number of amides is 1. The molecule has 2 aromatic carbocycles. The number of allylic oxidation sites excluding steroid dienone is 2. The number of carboxylic acids is 1. The maximum Gasteiger partial charge on any atom is 0.337 e. The van der Waals surface area contributed by atoms with Crippen molar-refractivity contribution in [3.8, 4) is 0 Å².